The van der Waals surface area contributed by atoms with Gasteiger partial charge in [0.15, 0.2) is 0 Å². The molecule has 1 aromatic heterocycles. The van der Waals surface area contributed by atoms with Gasteiger partial charge in [-0.05, 0) is 96.8 Å². The van der Waals surface area contributed by atoms with Crippen LogP contribution < -0.4 is 5.73 Å². The van der Waals surface area contributed by atoms with Crippen molar-refractivity contribution in [2.75, 3.05) is 0 Å². The minimum atomic E-state index is 0.449. The summed E-state index contributed by atoms with van der Waals surface area (Å²) >= 11 is 0. The quantitative estimate of drug-likeness (QED) is 0.350. The lowest BCUT2D eigenvalue weighted by atomic mass is 9.84. The molecule has 174 valence electrons. The fourth-order valence-corrected chi connectivity index (χ4v) is 4.69. The van der Waals surface area contributed by atoms with Crippen LogP contribution in [0.1, 0.15) is 43.6 Å². The highest BCUT2D eigenvalue weighted by Crippen LogP contribution is 2.32. The number of nitrogens with two attached hydrogens (primary N) is 1. The van der Waals surface area contributed by atoms with Crippen molar-refractivity contribution in [1.29, 1.82) is 0 Å². The summed E-state index contributed by atoms with van der Waals surface area (Å²) in [7, 11) is 0. The van der Waals surface area contributed by atoms with Crippen molar-refractivity contribution < 1.29 is 0 Å². The Bertz CT molecular complexity index is 1300. The number of rotatable bonds is 8. The second kappa shape index (κ2) is 10.6. The Morgan fingerprint density at radius 3 is 2.71 bits per heavy atom. The van der Waals surface area contributed by atoms with Crippen molar-refractivity contribution in [3.63, 3.8) is 0 Å². The number of hydrogen-bond acceptors (Lipinski definition) is 2. The molecular formula is C31H35N3. The maximum absolute atomic E-state index is 5.37. The van der Waals surface area contributed by atoms with Crippen molar-refractivity contribution >= 4 is 11.0 Å². The van der Waals surface area contributed by atoms with Crippen LogP contribution >= 0.6 is 0 Å². The number of allylic oxidation sites excluding steroid dienone is 8. The molecule has 0 amide bonds. The van der Waals surface area contributed by atoms with E-state index in [9.17, 15) is 0 Å². The third-order valence-electron chi connectivity index (χ3n) is 6.72. The summed E-state index contributed by atoms with van der Waals surface area (Å²) in [5.74, 6) is 1.50. The maximum Gasteiger partial charge on any atom is 0.107 e. The molecule has 34 heavy (non-hydrogen) atoms. The van der Waals surface area contributed by atoms with Gasteiger partial charge in [0.25, 0.3) is 0 Å². The molecule has 1 atom stereocenters. The van der Waals surface area contributed by atoms with Crippen molar-refractivity contribution in [2.45, 2.75) is 46.5 Å². The first-order valence-electron chi connectivity index (χ1n) is 12.2. The molecule has 0 saturated carbocycles. The van der Waals surface area contributed by atoms with E-state index in [0.717, 1.165) is 42.5 Å². The standard InChI is InChI=1S/C31H35N3/c1-5-21(2)27-18-25(11-10-22(27)3)19-31-33-29-17-23(4)28(20-30(29)34-31)26-14-12-24(13-15-26)9-7-6-8-16-32/h6-8,10-17,20,25H,2,5,9,18-19,32H2,1,3-4H3,(H,33,34)/b7-6-,16-8-. The monoisotopic (exact) mass is 449 g/mol. The zero-order chi connectivity index (χ0) is 24.1. The van der Waals surface area contributed by atoms with Gasteiger partial charge in [-0.1, -0.05) is 67.6 Å². The number of aromatic amines is 1. The lowest BCUT2D eigenvalue weighted by Gasteiger charge is -2.21. The minimum absolute atomic E-state index is 0.449. The first kappa shape index (κ1) is 23.6. The van der Waals surface area contributed by atoms with Crippen LogP contribution in [0.5, 0.6) is 0 Å². The van der Waals surface area contributed by atoms with Gasteiger partial charge in [-0.25, -0.2) is 4.98 Å². The van der Waals surface area contributed by atoms with E-state index in [1.807, 2.05) is 12.2 Å². The van der Waals surface area contributed by atoms with Gasteiger partial charge in [-0.3, -0.25) is 0 Å². The van der Waals surface area contributed by atoms with Gasteiger partial charge >= 0.3 is 0 Å². The highest BCUT2D eigenvalue weighted by molar-refractivity contribution is 5.84. The average Bonchev–Trinajstić information content (AvgIpc) is 3.23. The molecule has 1 heterocycles. The van der Waals surface area contributed by atoms with Crippen LogP contribution in [-0.2, 0) is 12.8 Å². The number of nitrogens with one attached hydrogen (secondary N) is 1. The molecule has 3 aromatic rings. The molecule has 2 aromatic carbocycles. The lowest BCUT2D eigenvalue weighted by Crippen LogP contribution is -2.09. The van der Waals surface area contributed by atoms with Gasteiger partial charge in [0, 0.05) is 6.42 Å². The topological polar surface area (TPSA) is 54.7 Å². The third-order valence-corrected chi connectivity index (χ3v) is 6.72. The van der Waals surface area contributed by atoms with E-state index >= 15 is 0 Å². The number of aromatic nitrogens is 2. The summed E-state index contributed by atoms with van der Waals surface area (Å²) in [6.45, 7) is 10.8. The minimum Gasteiger partial charge on any atom is -0.405 e. The van der Waals surface area contributed by atoms with Crippen molar-refractivity contribution in [3.8, 4) is 11.1 Å². The van der Waals surface area contributed by atoms with E-state index < -0.39 is 0 Å². The second-order valence-corrected chi connectivity index (χ2v) is 9.23. The zero-order valence-corrected chi connectivity index (χ0v) is 20.6. The number of imidazole rings is 1. The first-order valence-corrected chi connectivity index (χ1v) is 12.2. The molecular weight excluding hydrogens is 414 g/mol. The number of nitrogens with zero attached hydrogens (tertiary/aromatic N) is 1. The van der Waals surface area contributed by atoms with Crippen molar-refractivity contribution in [1.82, 2.24) is 9.97 Å². The summed E-state index contributed by atoms with van der Waals surface area (Å²) in [5.41, 5.74) is 16.5. The summed E-state index contributed by atoms with van der Waals surface area (Å²) in [4.78, 5) is 8.53. The molecule has 0 fully saturated rings. The van der Waals surface area contributed by atoms with Gasteiger partial charge in [-0.2, -0.15) is 0 Å². The zero-order valence-electron chi connectivity index (χ0n) is 20.6. The summed E-state index contributed by atoms with van der Waals surface area (Å²) in [5, 5.41) is 0. The van der Waals surface area contributed by atoms with Crippen LogP contribution in [0.15, 0.2) is 96.3 Å². The second-order valence-electron chi connectivity index (χ2n) is 9.23. The van der Waals surface area contributed by atoms with Crippen LogP contribution in [0.2, 0.25) is 0 Å². The third kappa shape index (κ3) is 5.31. The summed E-state index contributed by atoms with van der Waals surface area (Å²) < 4.78 is 0. The molecule has 3 nitrogen and oxygen atoms in total. The van der Waals surface area contributed by atoms with E-state index in [0.29, 0.717) is 5.92 Å². The molecule has 4 rings (SSSR count). The Morgan fingerprint density at radius 2 is 1.97 bits per heavy atom. The van der Waals surface area contributed by atoms with Crippen LogP contribution in [0.3, 0.4) is 0 Å². The summed E-state index contributed by atoms with van der Waals surface area (Å²) in [6.07, 6.45) is 15.9. The number of H-pyrrole nitrogens is 1. The average molecular weight is 450 g/mol. The van der Waals surface area contributed by atoms with E-state index in [1.165, 1.54) is 39.0 Å². The highest BCUT2D eigenvalue weighted by atomic mass is 14.9. The van der Waals surface area contributed by atoms with Crippen LogP contribution in [0.4, 0.5) is 0 Å². The number of hydrogen-bond donors (Lipinski definition) is 2. The van der Waals surface area contributed by atoms with E-state index in [2.05, 4.69) is 87.0 Å². The number of fused-ring (bicyclic) bond motifs is 1. The van der Waals surface area contributed by atoms with Gasteiger partial charge in [-0.15, -0.1) is 0 Å². The van der Waals surface area contributed by atoms with Gasteiger partial charge in [0.1, 0.15) is 5.82 Å². The van der Waals surface area contributed by atoms with Gasteiger partial charge in [0.05, 0.1) is 11.0 Å². The molecule has 3 N–H and O–H groups in total. The Kier molecular flexibility index (Phi) is 7.32. The van der Waals surface area contributed by atoms with E-state index in [-0.39, 0.29) is 0 Å². The van der Waals surface area contributed by atoms with Crippen molar-refractivity contribution in [2.24, 2.45) is 11.7 Å². The molecule has 0 bridgehead atoms. The van der Waals surface area contributed by atoms with E-state index in [4.69, 9.17) is 10.7 Å². The lowest BCUT2D eigenvalue weighted by molar-refractivity contribution is 0.612. The fraction of sp³-hybridized carbons (Fsp3) is 0.258. The highest BCUT2D eigenvalue weighted by Gasteiger charge is 2.18. The predicted octanol–water partition coefficient (Wildman–Crippen LogP) is 7.51. The molecule has 1 aliphatic rings. The Balaban J connectivity index is 1.51. The predicted molar refractivity (Wildman–Crippen MR) is 146 cm³/mol. The Labute approximate surface area is 203 Å². The van der Waals surface area contributed by atoms with Gasteiger partial charge < -0.3 is 10.7 Å². The number of aryl methyl sites for hydroxylation is 1. The fourth-order valence-electron chi connectivity index (χ4n) is 4.69. The van der Waals surface area contributed by atoms with Crippen LogP contribution in [-0.4, -0.2) is 9.97 Å². The van der Waals surface area contributed by atoms with E-state index in [1.54, 1.807) is 6.20 Å². The largest absolute Gasteiger partial charge is 0.405 e. The normalized spacial score (nSPS) is 16.4. The van der Waals surface area contributed by atoms with Crippen LogP contribution in [0, 0.1) is 12.8 Å². The molecule has 1 aliphatic carbocycles. The first-order chi connectivity index (χ1) is 16.5. The molecule has 0 spiro atoms. The SMILES string of the molecule is C=C(CC)C1=C(C)C=CC(Cc2nc3cc(-c4ccc(C/C=C\C=C/N)cc4)c(C)cc3[nH]2)C1. The Hall–Kier alpha value is -3.59. The smallest absolute Gasteiger partial charge is 0.107 e. The Morgan fingerprint density at radius 1 is 1.18 bits per heavy atom. The molecule has 0 radical (unpaired) electrons. The molecule has 3 heteroatoms. The summed E-state index contributed by atoms with van der Waals surface area (Å²) in [6, 6.07) is 13.2. The number of benzene rings is 2. The van der Waals surface area contributed by atoms with Crippen molar-refractivity contribution in [3.05, 3.63) is 113 Å². The maximum atomic E-state index is 5.37. The molecule has 0 aliphatic heterocycles. The molecule has 0 saturated heterocycles. The van der Waals surface area contributed by atoms with Crippen LogP contribution in [0.25, 0.3) is 22.2 Å². The molecule has 1 unspecified atom stereocenters. The van der Waals surface area contributed by atoms with Gasteiger partial charge in [0.2, 0.25) is 0 Å².